The van der Waals surface area contributed by atoms with Crippen LogP contribution in [0.2, 0.25) is 0 Å². The van der Waals surface area contributed by atoms with Gasteiger partial charge in [-0.3, -0.25) is 0 Å². The van der Waals surface area contributed by atoms with E-state index in [2.05, 4.69) is 17.1 Å². The van der Waals surface area contributed by atoms with E-state index in [1.165, 1.54) is 32.1 Å². The molecule has 5 nitrogen and oxygen atoms in total. The summed E-state index contributed by atoms with van der Waals surface area (Å²) in [5.74, 6) is 1.06. The van der Waals surface area contributed by atoms with E-state index in [0.29, 0.717) is 24.8 Å². The van der Waals surface area contributed by atoms with Crippen molar-refractivity contribution in [2.75, 3.05) is 13.7 Å². The van der Waals surface area contributed by atoms with Crippen LogP contribution < -0.4 is 4.74 Å². The first-order valence-corrected chi connectivity index (χ1v) is 11.3. The molecule has 1 saturated carbocycles. The van der Waals surface area contributed by atoms with Crippen LogP contribution in [0.5, 0.6) is 5.75 Å². The normalized spacial score (nSPS) is 15.6. The Labute approximate surface area is 185 Å². The van der Waals surface area contributed by atoms with Crippen molar-refractivity contribution in [3.63, 3.8) is 0 Å². The highest BCUT2D eigenvalue weighted by atomic mass is 16.5. The third kappa shape index (κ3) is 8.18. The van der Waals surface area contributed by atoms with Crippen molar-refractivity contribution in [2.45, 2.75) is 57.7 Å². The summed E-state index contributed by atoms with van der Waals surface area (Å²) in [5, 5.41) is 0. The van der Waals surface area contributed by atoms with Crippen molar-refractivity contribution in [3.8, 4) is 5.75 Å². The lowest BCUT2D eigenvalue weighted by molar-refractivity contribution is 0.0341. The van der Waals surface area contributed by atoms with Gasteiger partial charge in [0.05, 0.1) is 13.7 Å². The molecular formula is C26H33NO4. The molecule has 2 aromatic rings. The molecule has 1 aliphatic carbocycles. The summed E-state index contributed by atoms with van der Waals surface area (Å²) in [6.07, 6.45) is 13.5. The second-order valence-electron chi connectivity index (χ2n) is 7.98. The van der Waals surface area contributed by atoms with Gasteiger partial charge < -0.3 is 14.2 Å². The van der Waals surface area contributed by atoms with Crippen LogP contribution in [0.3, 0.4) is 0 Å². The Kier molecular flexibility index (Phi) is 9.58. The Morgan fingerprint density at radius 1 is 1.13 bits per heavy atom. The van der Waals surface area contributed by atoms with Gasteiger partial charge in [-0.05, 0) is 67.5 Å². The van der Waals surface area contributed by atoms with Crippen LogP contribution in [0.15, 0.2) is 60.8 Å². The average molecular weight is 424 g/mol. The minimum absolute atomic E-state index is 0.263. The van der Waals surface area contributed by atoms with Gasteiger partial charge in [0.2, 0.25) is 0 Å². The molecule has 0 spiro atoms. The first-order chi connectivity index (χ1) is 15.2. The van der Waals surface area contributed by atoms with E-state index >= 15 is 0 Å². The lowest BCUT2D eigenvalue weighted by atomic mass is 9.89. The molecule has 166 valence electrons. The van der Waals surface area contributed by atoms with Crippen molar-refractivity contribution in [2.24, 2.45) is 5.92 Å². The molecule has 1 aromatic heterocycles. The number of benzene rings is 1. The molecule has 0 unspecified atom stereocenters. The zero-order chi connectivity index (χ0) is 21.7. The van der Waals surface area contributed by atoms with E-state index in [1.807, 2.05) is 24.3 Å². The summed E-state index contributed by atoms with van der Waals surface area (Å²) in [6.45, 7) is 1.17. The highest BCUT2D eigenvalue weighted by molar-refractivity contribution is 5.87. The fraction of sp³-hybridized carbons (Fsp3) is 0.462. The molecule has 1 aromatic carbocycles. The highest BCUT2D eigenvalue weighted by Gasteiger charge is 2.16. The molecule has 0 N–H and O–H groups in total. The van der Waals surface area contributed by atoms with E-state index in [4.69, 9.17) is 14.2 Å². The van der Waals surface area contributed by atoms with Crippen molar-refractivity contribution in [1.82, 2.24) is 4.98 Å². The second kappa shape index (κ2) is 12.9. The SMILES string of the molecule is COc1ccc(COCCC[C@@H](/C=C\C2CCCCC2)OC(=O)c2ccccn2)cc1. The lowest BCUT2D eigenvalue weighted by Crippen LogP contribution is -2.18. The van der Waals surface area contributed by atoms with E-state index in [0.717, 1.165) is 24.2 Å². The van der Waals surface area contributed by atoms with Crippen LogP contribution in [0, 0.1) is 5.92 Å². The fourth-order valence-electron chi connectivity index (χ4n) is 3.78. The predicted octanol–water partition coefficient (Wildman–Crippen LogP) is 5.75. The van der Waals surface area contributed by atoms with E-state index in [9.17, 15) is 4.79 Å². The number of pyridine rings is 1. The van der Waals surface area contributed by atoms with Gasteiger partial charge in [-0.1, -0.05) is 43.5 Å². The second-order valence-corrected chi connectivity index (χ2v) is 7.98. The number of aromatic nitrogens is 1. The first-order valence-electron chi connectivity index (χ1n) is 11.3. The molecule has 0 aliphatic heterocycles. The summed E-state index contributed by atoms with van der Waals surface area (Å²) in [4.78, 5) is 16.6. The maximum atomic E-state index is 12.5. The molecule has 0 bridgehead atoms. The average Bonchev–Trinajstić information content (AvgIpc) is 2.83. The molecule has 5 heteroatoms. The highest BCUT2D eigenvalue weighted by Crippen LogP contribution is 2.25. The van der Waals surface area contributed by atoms with Gasteiger partial charge in [0.15, 0.2) is 0 Å². The molecule has 1 aliphatic rings. The van der Waals surface area contributed by atoms with E-state index in [1.54, 1.807) is 31.5 Å². The topological polar surface area (TPSA) is 57.7 Å². The number of rotatable bonds is 11. The minimum Gasteiger partial charge on any atom is -0.497 e. The summed E-state index contributed by atoms with van der Waals surface area (Å²) >= 11 is 0. The summed E-state index contributed by atoms with van der Waals surface area (Å²) in [5.41, 5.74) is 1.45. The molecule has 1 atom stereocenters. The standard InChI is InChI=1S/C26H33NO4/c1-29-23-15-13-22(14-16-23)20-30-19-7-10-24(17-12-21-8-3-2-4-9-21)31-26(28)25-11-5-6-18-27-25/h5-6,11-18,21,24H,2-4,7-10,19-20H2,1H3/b17-12-/t24-/m0/s1. The van der Waals surface area contributed by atoms with E-state index in [-0.39, 0.29) is 12.1 Å². The van der Waals surface area contributed by atoms with Crippen molar-refractivity contribution < 1.29 is 19.0 Å². The number of ether oxygens (including phenoxy) is 3. The number of methoxy groups -OCH3 is 1. The number of carbonyl (C=O) groups excluding carboxylic acids is 1. The predicted molar refractivity (Wildman–Crippen MR) is 121 cm³/mol. The van der Waals surface area contributed by atoms with Gasteiger partial charge in [-0.2, -0.15) is 0 Å². The molecule has 1 heterocycles. The minimum atomic E-state index is -0.377. The molecule has 3 rings (SSSR count). The maximum absolute atomic E-state index is 12.5. The monoisotopic (exact) mass is 423 g/mol. The van der Waals surface area contributed by atoms with Gasteiger partial charge >= 0.3 is 5.97 Å². The first kappa shape index (κ1) is 23.0. The molecule has 0 radical (unpaired) electrons. The summed E-state index contributed by atoms with van der Waals surface area (Å²) in [7, 11) is 1.66. The van der Waals surface area contributed by atoms with Crippen molar-refractivity contribution in [1.29, 1.82) is 0 Å². The smallest absolute Gasteiger partial charge is 0.357 e. The molecule has 0 amide bonds. The number of hydrogen-bond donors (Lipinski definition) is 0. The Balaban J connectivity index is 1.47. The Bertz CT molecular complexity index is 798. The van der Waals surface area contributed by atoms with Crippen molar-refractivity contribution in [3.05, 3.63) is 72.1 Å². The Hall–Kier alpha value is -2.66. The summed E-state index contributed by atoms with van der Waals surface area (Å²) in [6, 6.07) is 13.1. The van der Waals surface area contributed by atoms with Gasteiger partial charge in [0.1, 0.15) is 17.5 Å². The van der Waals surface area contributed by atoms with Gasteiger partial charge in [0, 0.05) is 12.8 Å². The molecule has 1 fully saturated rings. The number of nitrogens with zero attached hydrogens (tertiary/aromatic N) is 1. The number of esters is 1. The van der Waals surface area contributed by atoms with Crippen LogP contribution in [-0.4, -0.2) is 30.8 Å². The van der Waals surface area contributed by atoms with Gasteiger partial charge in [-0.15, -0.1) is 0 Å². The zero-order valence-electron chi connectivity index (χ0n) is 18.4. The zero-order valence-corrected chi connectivity index (χ0v) is 18.4. The number of allylic oxidation sites excluding steroid dienone is 1. The molecular weight excluding hydrogens is 390 g/mol. The Morgan fingerprint density at radius 3 is 2.65 bits per heavy atom. The lowest BCUT2D eigenvalue weighted by Gasteiger charge is -2.19. The molecule has 31 heavy (non-hydrogen) atoms. The van der Waals surface area contributed by atoms with Gasteiger partial charge in [-0.25, -0.2) is 9.78 Å². The number of hydrogen-bond acceptors (Lipinski definition) is 5. The van der Waals surface area contributed by atoms with Crippen LogP contribution in [-0.2, 0) is 16.1 Å². The quantitative estimate of drug-likeness (QED) is 0.262. The van der Waals surface area contributed by atoms with Crippen LogP contribution in [0.1, 0.15) is 61.0 Å². The number of carbonyl (C=O) groups is 1. The summed E-state index contributed by atoms with van der Waals surface area (Å²) < 4.78 is 16.7. The third-order valence-corrected chi connectivity index (χ3v) is 5.59. The third-order valence-electron chi connectivity index (χ3n) is 5.59. The largest absolute Gasteiger partial charge is 0.497 e. The fourth-order valence-corrected chi connectivity index (χ4v) is 3.78. The van der Waals surface area contributed by atoms with Crippen LogP contribution in [0.4, 0.5) is 0 Å². The van der Waals surface area contributed by atoms with Crippen LogP contribution >= 0.6 is 0 Å². The van der Waals surface area contributed by atoms with Crippen molar-refractivity contribution >= 4 is 5.97 Å². The molecule has 0 saturated heterocycles. The van der Waals surface area contributed by atoms with Gasteiger partial charge in [0.25, 0.3) is 0 Å². The Morgan fingerprint density at radius 2 is 1.94 bits per heavy atom. The maximum Gasteiger partial charge on any atom is 0.357 e. The van der Waals surface area contributed by atoms with Crippen LogP contribution in [0.25, 0.3) is 0 Å². The van der Waals surface area contributed by atoms with E-state index < -0.39 is 0 Å².